The Bertz CT molecular complexity index is 373. The lowest BCUT2D eigenvalue weighted by atomic mass is 10.0. The fraction of sp³-hybridized carbons (Fsp3) is 0.300. The van der Waals surface area contributed by atoms with Crippen LogP contribution in [0.3, 0.4) is 0 Å². The molecule has 0 fully saturated rings. The minimum absolute atomic E-state index is 0.116. The van der Waals surface area contributed by atoms with Gasteiger partial charge in [0.25, 0.3) is 0 Å². The average molecular weight is 240 g/mol. The summed E-state index contributed by atoms with van der Waals surface area (Å²) in [6, 6.07) is 4.09. The van der Waals surface area contributed by atoms with E-state index in [1.54, 1.807) is 0 Å². The molecular formula is C10H10BrNO. The van der Waals surface area contributed by atoms with Gasteiger partial charge in [-0.15, -0.1) is 0 Å². The van der Waals surface area contributed by atoms with Crippen LogP contribution in [0.5, 0.6) is 0 Å². The lowest BCUT2D eigenvalue weighted by Crippen LogP contribution is -2.19. The van der Waals surface area contributed by atoms with Crippen LogP contribution in [0.15, 0.2) is 16.6 Å². The number of nitrogens with one attached hydrogen (secondary N) is 1. The Morgan fingerprint density at radius 2 is 2.15 bits per heavy atom. The molecule has 1 amide bonds. The van der Waals surface area contributed by atoms with E-state index in [9.17, 15) is 4.79 Å². The van der Waals surface area contributed by atoms with Crippen LogP contribution in [0.2, 0.25) is 0 Å². The molecule has 2 rings (SSSR count). The molecule has 68 valence electrons. The maximum Gasteiger partial charge on any atom is 0.224 e. The molecule has 13 heavy (non-hydrogen) atoms. The summed E-state index contributed by atoms with van der Waals surface area (Å²) >= 11 is 3.50. The number of hydrogen-bond acceptors (Lipinski definition) is 1. The fourth-order valence-corrected chi connectivity index (χ4v) is 2.36. The van der Waals surface area contributed by atoms with Crippen molar-refractivity contribution in [2.24, 2.45) is 0 Å². The number of carbonyl (C=O) groups is 1. The number of hydrogen-bond donors (Lipinski definition) is 1. The molecule has 0 aliphatic carbocycles. The van der Waals surface area contributed by atoms with Crippen molar-refractivity contribution in [1.29, 1.82) is 0 Å². The lowest BCUT2D eigenvalue weighted by Gasteiger charge is -2.18. The Morgan fingerprint density at radius 3 is 2.92 bits per heavy atom. The van der Waals surface area contributed by atoms with Crippen molar-refractivity contribution >= 4 is 27.5 Å². The molecule has 0 unspecified atom stereocenters. The highest BCUT2D eigenvalue weighted by atomic mass is 79.9. The summed E-state index contributed by atoms with van der Waals surface area (Å²) in [5.74, 6) is 0.116. The Labute approximate surface area is 85.5 Å². The molecule has 1 N–H and O–H groups in total. The van der Waals surface area contributed by atoms with Crippen LogP contribution in [0.25, 0.3) is 0 Å². The molecule has 1 aromatic rings. The monoisotopic (exact) mass is 239 g/mol. The third-order valence-electron chi connectivity index (χ3n) is 2.22. The zero-order valence-electron chi connectivity index (χ0n) is 7.36. The number of amides is 1. The summed E-state index contributed by atoms with van der Waals surface area (Å²) in [5.41, 5.74) is 3.33. The highest BCUT2D eigenvalue weighted by molar-refractivity contribution is 9.10. The number of anilines is 1. The first-order chi connectivity index (χ1) is 6.16. The maximum atomic E-state index is 11.1. The largest absolute Gasteiger partial charge is 0.326 e. The van der Waals surface area contributed by atoms with Crippen LogP contribution in [-0.2, 0) is 11.2 Å². The summed E-state index contributed by atoms with van der Waals surface area (Å²) in [5, 5.41) is 2.87. The zero-order valence-corrected chi connectivity index (χ0v) is 8.94. The molecule has 0 aromatic heterocycles. The topological polar surface area (TPSA) is 29.1 Å². The molecule has 0 saturated heterocycles. The average Bonchev–Trinajstić information content (AvgIpc) is 2.02. The van der Waals surface area contributed by atoms with Gasteiger partial charge in [-0.1, -0.05) is 15.9 Å². The number of benzene rings is 1. The number of fused-ring (bicyclic) bond motifs is 1. The van der Waals surface area contributed by atoms with Gasteiger partial charge in [0.2, 0.25) is 5.91 Å². The molecule has 0 bridgehead atoms. The van der Waals surface area contributed by atoms with Crippen LogP contribution >= 0.6 is 15.9 Å². The first kappa shape index (κ1) is 8.75. The minimum Gasteiger partial charge on any atom is -0.326 e. The van der Waals surface area contributed by atoms with Crippen molar-refractivity contribution in [2.45, 2.75) is 19.8 Å². The van der Waals surface area contributed by atoms with E-state index in [1.807, 2.05) is 13.0 Å². The second-order valence-corrected chi connectivity index (χ2v) is 4.18. The van der Waals surface area contributed by atoms with Gasteiger partial charge in [0.05, 0.1) is 0 Å². The number of carbonyl (C=O) groups excluding carboxylic acids is 1. The van der Waals surface area contributed by atoms with E-state index < -0.39 is 0 Å². The van der Waals surface area contributed by atoms with Gasteiger partial charge >= 0.3 is 0 Å². The van der Waals surface area contributed by atoms with Crippen LogP contribution < -0.4 is 5.32 Å². The highest BCUT2D eigenvalue weighted by Gasteiger charge is 2.16. The molecule has 0 spiro atoms. The molecule has 2 nitrogen and oxygen atoms in total. The third-order valence-corrected chi connectivity index (χ3v) is 2.92. The molecule has 1 heterocycles. The van der Waals surface area contributed by atoms with E-state index >= 15 is 0 Å². The van der Waals surface area contributed by atoms with Gasteiger partial charge in [-0.3, -0.25) is 4.79 Å². The van der Waals surface area contributed by atoms with Crippen molar-refractivity contribution in [3.05, 3.63) is 27.7 Å². The van der Waals surface area contributed by atoms with E-state index in [0.717, 1.165) is 22.1 Å². The fourth-order valence-electron chi connectivity index (χ4n) is 1.59. The number of rotatable bonds is 0. The van der Waals surface area contributed by atoms with Crippen molar-refractivity contribution in [1.82, 2.24) is 0 Å². The van der Waals surface area contributed by atoms with Crippen LogP contribution in [0, 0.1) is 6.92 Å². The van der Waals surface area contributed by atoms with E-state index in [1.165, 1.54) is 5.56 Å². The van der Waals surface area contributed by atoms with Gasteiger partial charge in [-0.2, -0.15) is 0 Å². The van der Waals surface area contributed by atoms with E-state index in [2.05, 4.69) is 27.3 Å². The zero-order chi connectivity index (χ0) is 9.42. The van der Waals surface area contributed by atoms with Crippen molar-refractivity contribution in [3.63, 3.8) is 0 Å². The molecule has 1 aliphatic heterocycles. The first-order valence-electron chi connectivity index (χ1n) is 4.25. The number of halogens is 1. The van der Waals surface area contributed by atoms with Crippen molar-refractivity contribution in [2.75, 3.05) is 5.32 Å². The highest BCUT2D eigenvalue weighted by Crippen LogP contribution is 2.30. The number of aryl methyl sites for hydroxylation is 1. The minimum atomic E-state index is 0.116. The van der Waals surface area contributed by atoms with E-state index in [-0.39, 0.29) is 5.91 Å². The molecule has 3 heteroatoms. The quantitative estimate of drug-likeness (QED) is 0.742. The van der Waals surface area contributed by atoms with E-state index in [4.69, 9.17) is 0 Å². The van der Waals surface area contributed by atoms with Gasteiger partial charge in [-0.25, -0.2) is 0 Å². The predicted molar refractivity (Wildman–Crippen MR) is 55.8 cm³/mol. The normalized spacial score (nSPS) is 15.1. The van der Waals surface area contributed by atoms with Gasteiger partial charge in [0.1, 0.15) is 0 Å². The summed E-state index contributed by atoms with van der Waals surface area (Å²) in [6.07, 6.45) is 1.43. The smallest absolute Gasteiger partial charge is 0.224 e. The van der Waals surface area contributed by atoms with Crippen LogP contribution in [0.4, 0.5) is 5.69 Å². The standard InChI is InChI=1S/C10H10BrNO/c1-6-4-8(11)7-2-3-10(13)12-9(7)5-6/h4-5H,2-3H2,1H3,(H,12,13). The SMILES string of the molecule is Cc1cc(Br)c2c(c1)NC(=O)CC2. The van der Waals surface area contributed by atoms with Gasteiger partial charge in [-0.05, 0) is 36.6 Å². The molecule has 1 aliphatic rings. The summed E-state index contributed by atoms with van der Waals surface area (Å²) in [6.45, 7) is 2.02. The molecule has 0 saturated carbocycles. The third kappa shape index (κ3) is 1.61. The summed E-state index contributed by atoms with van der Waals surface area (Å²) < 4.78 is 1.10. The maximum absolute atomic E-state index is 11.1. The van der Waals surface area contributed by atoms with Crippen LogP contribution in [-0.4, -0.2) is 5.91 Å². The summed E-state index contributed by atoms with van der Waals surface area (Å²) in [4.78, 5) is 11.1. The van der Waals surface area contributed by atoms with Crippen molar-refractivity contribution in [3.8, 4) is 0 Å². The second kappa shape index (κ2) is 3.14. The van der Waals surface area contributed by atoms with Crippen LogP contribution in [0.1, 0.15) is 17.5 Å². The molecule has 0 radical (unpaired) electrons. The Morgan fingerprint density at radius 1 is 1.38 bits per heavy atom. The van der Waals surface area contributed by atoms with Gasteiger partial charge < -0.3 is 5.32 Å². The van der Waals surface area contributed by atoms with Gasteiger partial charge in [0, 0.05) is 16.6 Å². The second-order valence-electron chi connectivity index (χ2n) is 3.32. The van der Waals surface area contributed by atoms with Crippen molar-refractivity contribution < 1.29 is 4.79 Å². The van der Waals surface area contributed by atoms with E-state index in [0.29, 0.717) is 6.42 Å². The summed E-state index contributed by atoms with van der Waals surface area (Å²) in [7, 11) is 0. The van der Waals surface area contributed by atoms with Gasteiger partial charge in [0.15, 0.2) is 0 Å². The molecule has 1 aromatic carbocycles. The Kier molecular flexibility index (Phi) is 2.12. The lowest BCUT2D eigenvalue weighted by molar-refractivity contribution is -0.116. The molecule has 0 atom stereocenters. The molecular weight excluding hydrogens is 230 g/mol. The Hall–Kier alpha value is -0.830. The first-order valence-corrected chi connectivity index (χ1v) is 5.05. The predicted octanol–water partition coefficient (Wildman–Crippen LogP) is 2.64. The Balaban J connectivity index is 2.53.